The molecular weight excluding hydrogens is 210 g/mol. The number of imide groups is 1. The van der Waals surface area contributed by atoms with Gasteiger partial charge in [-0.15, -0.1) is 0 Å². The Kier molecular flexibility index (Phi) is 4.00. The second-order valence-electron chi connectivity index (χ2n) is 4.25. The second-order valence-corrected chi connectivity index (χ2v) is 4.25. The van der Waals surface area contributed by atoms with Crippen LogP contribution in [0.1, 0.15) is 13.8 Å². The highest BCUT2D eigenvalue weighted by atomic mass is 16.2. The third kappa shape index (κ3) is 2.79. The van der Waals surface area contributed by atoms with E-state index in [0.717, 1.165) is 0 Å². The van der Waals surface area contributed by atoms with Crippen LogP contribution in [-0.4, -0.2) is 42.3 Å². The van der Waals surface area contributed by atoms with Crippen LogP contribution in [0.4, 0.5) is 0 Å². The van der Waals surface area contributed by atoms with E-state index in [1.807, 2.05) is 13.8 Å². The zero-order chi connectivity index (χ0) is 12.3. The molecule has 6 heteroatoms. The average molecular weight is 227 g/mol. The number of rotatable bonds is 3. The Hall–Kier alpha value is -1.43. The zero-order valence-electron chi connectivity index (χ0n) is 9.53. The molecule has 90 valence electrons. The van der Waals surface area contributed by atoms with Crippen molar-refractivity contribution >= 4 is 17.7 Å². The molecule has 3 amide bonds. The Bertz CT molecular complexity index is 298. The van der Waals surface area contributed by atoms with Crippen LogP contribution in [0.3, 0.4) is 0 Å². The molecule has 1 unspecified atom stereocenters. The maximum Gasteiger partial charge on any atom is 0.246 e. The molecule has 0 aliphatic carbocycles. The number of hydrogen-bond acceptors (Lipinski definition) is 4. The molecule has 3 N–H and O–H groups in total. The number of nitrogens with one attached hydrogen (secondary N) is 1. The van der Waals surface area contributed by atoms with Gasteiger partial charge in [0.25, 0.3) is 0 Å². The summed E-state index contributed by atoms with van der Waals surface area (Å²) in [5.74, 6) is -1.34. The van der Waals surface area contributed by atoms with Crippen molar-refractivity contribution < 1.29 is 14.4 Å². The van der Waals surface area contributed by atoms with E-state index in [0.29, 0.717) is 0 Å². The van der Waals surface area contributed by atoms with Crippen LogP contribution in [0.15, 0.2) is 0 Å². The first-order valence-electron chi connectivity index (χ1n) is 5.27. The summed E-state index contributed by atoms with van der Waals surface area (Å²) < 4.78 is 0. The lowest BCUT2D eigenvalue weighted by atomic mass is 9.94. The van der Waals surface area contributed by atoms with Gasteiger partial charge in [0.2, 0.25) is 17.7 Å². The molecule has 0 spiro atoms. The van der Waals surface area contributed by atoms with Crippen molar-refractivity contribution in [2.75, 3.05) is 19.6 Å². The smallest absolute Gasteiger partial charge is 0.246 e. The Morgan fingerprint density at radius 3 is 2.25 bits per heavy atom. The van der Waals surface area contributed by atoms with E-state index >= 15 is 0 Å². The summed E-state index contributed by atoms with van der Waals surface area (Å²) in [4.78, 5) is 35.5. The topological polar surface area (TPSA) is 92.5 Å². The van der Waals surface area contributed by atoms with Gasteiger partial charge in [-0.25, -0.2) is 0 Å². The molecule has 1 fully saturated rings. The Morgan fingerprint density at radius 2 is 1.88 bits per heavy atom. The monoisotopic (exact) mass is 227 g/mol. The predicted octanol–water partition coefficient (Wildman–Crippen LogP) is -1.30. The van der Waals surface area contributed by atoms with E-state index in [1.165, 1.54) is 4.90 Å². The molecule has 1 rings (SSSR count). The fourth-order valence-corrected chi connectivity index (χ4v) is 1.69. The summed E-state index contributed by atoms with van der Waals surface area (Å²) >= 11 is 0. The van der Waals surface area contributed by atoms with Crippen molar-refractivity contribution in [3.8, 4) is 0 Å². The Morgan fingerprint density at radius 1 is 1.38 bits per heavy atom. The van der Waals surface area contributed by atoms with E-state index in [1.54, 1.807) is 0 Å². The van der Waals surface area contributed by atoms with Gasteiger partial charge < -0.3 is 10.6 Å². The van der Waals surface area contributed by atoms with Crippen LogP contribution in [0.25, 0.3) is 0 Å². The van der Waals surface area contributed by atoms with Crippen molar-refractivity contribution in [2.45, 2.75) is 13.8 Å². The summed E-state index contributed by atoms with van der Waals surface area (Å²) in [6.45, 7) is 3.88. The third-order valence-corrected chi connectivity index (χ3v) is 2.64. The molecule has 0 aromatic rings. The normalized spacial score (nSPS) is 18.6. The fraction of sp³-hybridized carbons (Fsp3) is 0.700. The van der Waals surface area contributed by atoms with Crippen molar-refractivity contribution in [3.05, 3.63) is 0 Å². The summed E-state index contributed by atoms with van der Waals surface area (Å²) in [6, 6.07) is 0. The highest BCUT2D eigenvalue weighted by Gasteiger charge is 2.31. The number of carbonyl (C=O) groups is 3. The van der Waals surface area contributed by atoms with Gasteiger partial charge in [0.15, 0.2) is 0 Å². The largest absolute Gasteiger partial charge is 0.330 e. The van der Waals surface area contributed by atoms with Gasteiger partial charge in [-0.3, -0.25) is 19.7 Å². The first-order chi connectivity index (χ1) is 7.45. The highest BCUT2D eigenvalue weighted by Crippen LogP contribution is 2.13. The standard InChI is InChI=1S/C10H17N3O3/c1-6(2)7(3-11)10(16)13-4-8(14)12-9(15)5-13/h6-7H,3-5,11H2,1-2H3,(H,12,14,15). The van der Waals surface area contributed by atoms with Crippen LogP contribution < -0.4 is 11.1 Å². The Balaban J connectivity index is 2.72. The van der Waals surface area contributed by atoms with Crippen LogP contribution in [0.2, 0.25) is 0 Å². The first kappa shape index (κ1) is 12.6. The lowest BCUT2D eigenvalue weighted by molar-refractivity contribution is -0.148. The number of piperazine rings is 1. The number of amides is 3. The molecule has 0 bridgehead atoms. The van der Waals surface area contributed by atoms with Crippen molar-refractivity contribution in [1.29, 1.82) is 0 Å². The van der Waals surface area contributed by atoms with Gasteiger partial charge in [0.1, 0.15) is 13.1 Å². The van der Waals surface area contributed by atoms with E-state index < -0.39 is 11.8 Å². The molecule has 1 aliphatic rings. The van der Waals surface area contributed by atoms with Gasteiger partial charge in [-0.05, 0) is 5.92 Å². The van der Waals surface area contributed by atoms with E-state index in [-0.39, 0.29) is 37.4 Å². The van der Waals surface area contributed by atoms with E-state index in [9.17, 15) is 14.4 Å². The van der Waals surface area contributed by atoms with Gasteiger partial charge >= 0.3 is 0 Å². The van der Waals surface area contributed by atoms with Gasteiger partial charge in [-0.2, -0.15) is 0 Å². The van der Waals surface area contributed by atoms with Crippen molar-refractivity contribution in [1.82, 2.24) is 10.2 Å². The van der Waals surface area contributed by atoms with Gasteiger partial charge in [-0.1, -0.05) is 13.8 Å². The molecule has 0 radical (unpaired) electrons. The lowest BCUT2D eigenvalue weighted by Gasteiger charge is -2.30. The Labute approximate surface area is 94.2 Å². The molecule has 16 heavy (non-hydrogen) atoms. The molecule has 0 aromatic carbocycles. The minimum Gasteiger partial charge on any atom is -0.330 e. The van der Waals surface area contributed by atoms with Crippen molar-refractivity contribution in [2.24, 2.45) is 17.6 Å². The van der Waals surface area contributed by atoms with Crippen LogP contribution in [0, 0.1) is 11.8 Å². The van der Waals surface area contributed by atoms with E-state index in [4.69, 9.17) is 5.73 Å². The van der Waals surface area contributed by atoms with Crippen LogP contribution in [0.5, 0.6) is 0 Å². The number of nitrogens with zero attached hydrogens (tertiary/aromatic N) is 1. The quantitative estimate of drug-likeness (QED) is 0.586. The summed E-state index contributed by atoms with van der Waals surface area (Å²) in [5.41, 5.74) is 5.52. The SMILES string of the molecule is CC(C)C(CN)C(=O)N1CC(=O)NC(=O)C1. The molecule has 1 saturated heterocycles. The molecule has 0 saturated carbocycles. The molecule has 0 aromatic heterocycles. The minimum absolute atomic E-state index is 0.0617. The molecule has 6 nitrogen and oxygen atoms in total. The second kappa shape index (κ2) is 5.07. The van der Waals surface area contributed by atoms with Crippen LogP contribution in [-0.2, 0) is 14.4 Å². The maximum absolute atomic E-state index is 12.0. The number of nitrogens with two attached hydrogens (primary N) is 1. The molecule has 1 heterocycles. The first-order valence-corrected chi connectivity index (χ1v) is 5.27. The molecule has 1 atom stereocenters. The summed E-state index contributed by atoms with van der Waals surface area (Å²) in [5, 5.41) is 2.15. The van der Waals surface area contributed by atoms with Crippen LogP contribution >= 0.6 is 0 Å². The predicted molar refractivity (Wildman–Crippen MR) is 57.1 cm³/mol. The minimum atomic E-state index is -0.441. The van der Waals surface area contributed by atoms with Gasteiger partial charge in [0.05, 0.1) is 5.92 Å². The van der Waals surface area contributed by atoms with E-state index in [2.05, 4.69) is 5.32 Å². The number of hydrogen-bond donors (Lipinski definition) is 2. The molecule has 1 aliphatic heterocycles. The summed E-state index contributed by atoms with van der Waals surface area (Å²) in [6.07, 6.45) is 0. The zero-order valence-corrected chi connectivity index (χ0v) is 9.53. The lowest BCUT2D eigenvalue weighted by Crippen LogP contribution is -2.55. The third-order valence-electron chi connectivity index (χ3n) is 2.64. The van der Waals surface area contributed by atoms with Gasteiger partial charge in [0, 0.05) is 6.54 Å². The van der Waals surface area contributed by atoms with Crippen molar-refractivity contribution in [3.63, 3.8) is 0 Å². The number of carbonyl (C=O) groups excluding carboxylic acids is 3. The highest BCUT2D eigenvalue weighted by molar-refractivity contribution is 6.02. The fourth-order valence-electron chi connectivity index (χ4n) is 1.69. The maximum atomic E-state index is 12.0. The molecular formula is C10H17N3O3. The summed E-state index contributed by atoms with van der Waals surface area (Å²) in [7, 11) is 0. The average Bonchev–Trinajstić information content (AvgIpc) is 2.16.